The molecule has 152 valence electrons. The monoisotopic (exact) mass is 436 g/mol. The van der Waals surface area contributed by atoms with Gasteiger partial charge in [-0.1, -0.05) is 48.5 Å². The van der Waals surface area contributed by atoms with Crippen molar-refractivity contribution in [2.45, 2.75) is 11.8 Å². The summed E-state index contributed by atoms with van der Waals surface area (Å²) in [7, 11) is -2.35. The Morgan fingerprint density at radius 1 is 0.933 bits per heavy atom. The number of aryl methyl sites for hydroxylation is 1. The van der Waals surface area contributed by atoms with Gasteiger partial charge in [0.1, 0.15) is 15.7 Å². The SMILES string of the molecule is COc1ccc(C)cc1S(=O)(=O)Nc1cccc(-c2csc(-c3ccccc3)n2)c1. The zero-order valence-corrected chi connectivity index (χ0v) is 18.1. The summed E-state index contributed by atoms with van der Waals surface area (Å²) in [5.74, 6) is 0.302. The van der Waals surface area contributed by atoms with Crippen LogP contribution in [0.1, 0.15) is 5.56 Å². The van der Waals surface area contributed by atoms with Gasteiger partial charge in [-0.3, -0.25) is 4.72 Å². The highest BCUT2D eigenvalue weighted by atomic mass is 32.2. The molecule has 4 aromatic rings. The summed E-state index contributed by atoms with van der Waals surface area (Å²) >= 11 is 1.55. The van der Waals surface area contributed by atoms with E-state index in [4.69, 9.17) is 9.72 Å². The number of nitrogens with one attached hydrogen (secondary N) is 1. The maximum absolute atomic E-state index is 13.0. The molecule has 0 saturated carbocycles. The first kappa shape index (κ1) is 20.1. The summed E-state index contributed by atoms with van der Waals surface area (Å²) in [5.41, 5.74) is 3.99. The van der Waals surface area contributed by atoms with Crippen molar-refractivity contribution in [2.24, 2.45) is 0 Å². The number of rotatable bonds is 6. The van der Waals surface area contributed by atoms with Crippen LogP contribution in [0.3, 0.4) is 0 Å². The van der Waals surface area contributed by atoms with Gasteiger partial charge in [-0.05, 0) is 36.8 Å². The highest BCUT2D eigenvalue weighted by molar-refractivity contribution is 7.92. The predicted molar refractivity (Wildman–Crippen MR) is 122 cm³/mol. The standard InChI is InChI=1S/C23H20N2O3S2/c1-16-11-12-21(28-2)22(13-16)30(26,27)25-19-10-6-9-18(14-19)20-15-29-23(24-20)17-7-4-3-5-8-17/h3-15,25H,1-2H3. The molecular formula is C23H20N2O3S2. The minimum atomic E-state index is -3.81. The quantitative estimate of drug-likeness (QED) is 0.427. The van der Waals surface area contributed by atoms with Gasteiger partial charge in [0, 0.05) is 22.2 Å². The predicted octanol–water partition coefficient (Wildman–Crippen LogP) is 5.59. The highest BCUT2D eigenvalue weighted by Gasteiger charge is 2.20. The van der Waals surface area contributed by atoms with Crippen LogP contribution in [0.4, 0.5) is 5.69 Å². The third-order valence-electron chi connectivity index (χ3n) is 4.54. The van der Waals surface area contributed by atoms with E-state index in [1.807, 2.05) is 60.8 Å². The third kappa shape index (κ3) is 4.22. The van der Waals surface area contributed by atoms with Crippen molar-refractivity contribution in [1.29, 1.82) is 0 Å². The molecule has 0 fully saturated rings. The molecule has 0 amide bonds. The normalized spacial score (nSPS) is 11.3. The van der Waals surface area contributed by atoms with Crippen LogP contribution in [-0.4, -0.2) is 20.5 Å². The lowest BCUT2D eigenvalue weighted by molar-refractivity contribution is 0.402. The Bertz CT molecular complexity index is 1280. The van der Waals surface area contributed by atoms with E-state index in [1.165, 1.54) is 7.11 Å². The van der Waals surface area contributed by atoms with E-state index >= 15 is 0 Å². The lowest BCUT2D eigenvalue weighted by Crippen LogP contribution is -2.14. The molecule has 1 heterocycles. The smallest absolute Gasteiger partial charge is 0.265 e. The molecule has 7 heteroatoms. The molecule has 1 aromatic heterocycles. The van der Waals surface area contributed by atoms with Crippen molar-refractivity contribution < 1.29 is 13.2 Å². The Morgan fingerprint density at radius 2 is 1.70 bits per heavy atom. The number of hydrogen-bond donors (Lipinski definition) is 1. The molecule has 0 radical (unpaired) electrons. The van der Waals surface area contributed by atoms with Crippen LogP contribution in [0.2, 0.25) is 0 Å². The van der Waals surface area contributed by atoms with E-state index in [0.717, 1.165) is 27.4 Å². The summed E-state index contributed by atoms with van der Waals surface area (Å²) in [6.07, 6.45) is 0. The van der Waals surface area contributed by atoms with Crippen LogP contribution in [0.25, 0.3) is 21.8 Å². The Kier molecular flexibility index (Phi) is 5.57. The Balaban J connectivity index is 1.63. The first-order valence-corrected chi connectivity index (χ1v) is 11.6. The van der Waals surface area contributed by atoms with E-state index < -0.39 is 10.0 Å². The average Bonchev–Trinajstić information content (AvgIpc) is 3.25. The molecule has 0 spiro atoms. The number of methoxy groups -OCH3 is 1. The Hall–Kier alpha value is -3.16. The number of thiazole rings is 1. The molecule has 0 aliphatic carbocycles. The summed E-state index contributed by atoms with van der Waals surface area (Å²) in [5, 5.41) is 2.89. The van der Waals surface area contributed by atoms with Gasteiger partial charge in [-0.15, -0.1) is 11.3 Å². The van der Waals surface area contributed by atoms with Crippen LogP contribution in [0, 0.1) is 6.92 Å². The van der Waals surface area contributed by atoms with E-state index in [1.54, 1.807) is 35.6 Å². The molecule has 0 bridgehead atoms. The number of anilines is 1. The van der Waals surface area contributed by atoms with E-state index in [2.05, 4.69) is 4.72 Å². The van der Waals surface area contributed by atoms with Gasteiger partial charge in [-0.25, -0.2) is 13.4 Å². The van der Waals surface area contributed by atoms with E-state index in [-0.39, 0.29) is 4.90 Å². The molecule has 0 aliphatic heterocycles. The van der Waals surface area contributed by atoms with Crippen molar-refractivity contribution in [3.8, 4) is 27.6 Å². The minimum absolute atomic E-state index is 0.107. The summed E-state index contributed by atoms with van der Waals surface area (Å²) < 4.78 is 33.8. The van der Waals surface area contributed by atoms with Gasteiger partial charge in [0.25, 0.3) is 10.0 Å². The molecule has 0 saturated heterocycles. The molecule has 0 aliphatic rings. The topological polar surface area (TPSA) is 68.3 Å². The van der Waals surface area contributed by atoms with Crippen LogP contribution >= 0.6 is 11.3 Å². The fraction of sp³-hybridized carbons (Fsp3) is 0.0870. The first-order chi connectivity index (χ1) is 14.5. The van der Waals surface area contributed by atoms with Crippen LogP contribution in [0.15, 0.2) is 83.1 Å². The fourth-order valence-electron chi connectivity index (χ4n) is 3.07. The molecule has 30 heavy (non-hydrogen) atoms. The van der Waals surface area contributed by atoms with Gasteiger partial charge >= 0.3 is 0 Å². The largest absolute Gasteiger partial charge is 0.495 e. The average molecular weight is 437 g/mol. The number of ether oxygens (including phenoxy) is 1. The van der Waals surface area contributed by atoms with Crippen molar-refractivity contribution in [1.82, 2.24) is 4.98 Å². The highest BCUT2D eigenvalue weighted by Crippen LogP contribution is 2.31. The minimum Gasteiger partial charge on any atom is -0.495 e. The summed E-state index contributed by atoms with van der Waals surface area (Å²) in [6, 6.07) is 22.2. The lowest BCUT2D eigenvalue weighted by Gasteiger charge is -2.13. The number of nitrogens with zero attached hydrogens (tertiary/aromatic N) is 1. The van der Waals surface area contributed by atoms with Gasteiger partial charge in [0.2, 0.25) is 0 Å². The third-order valence-corrected chi connectivity index (χ3v) is 6.84. The number of benzene rings is 3. The number of sulfonamides is 1. The number of hydrogen-bond acceptors (Lipinski definition) is 5. The Morgan fingerprint density at radius 3 is 2.47 bits per heavy atom. The maximum atomic E-state index is 13.0. The second kappa shape index (κ2) is 8.30. The lowest BCUT2D eigenvalue weighted by atomic mass is 10.1. The van der Waals surface area contributed by atoms with E-state index in [9.17, 15) is 8.42 Å². The molecule has 0 unspecified atom stereocenters. The van der Waals surface area contributed by atoms with Gasteiger partial charge in [-0.2, -0.15) is 0 Å². The van der Waals surface area contributed by atoms with Crippen molar-refractivity contribution in [2.75, 3.05) is 11.8 Å². The zero-order valence-electron chi connectivity index (χ0n) is 16.5. The molecule has 1 N–H and O–H groups in total. The van der Waals surface area contributed by atoms with Crippen molar-refractivity contribution in [3.05, 3.63) is 83.7 Å². The van der Waals surface area contributed by atoms with Gasteiger partial charge in [0.05, 0.1) is 12.8 Å². The van der Waals surface area contributed by atoms with Crippen LogP contribution < -0.4 is 9.46 Å². The number of aromatic nitrogens is 1. The molecular weight excluding hydrogens is 416 g/mol. The molecule has 4 rings (SSSR count). The van der Waals surface area contributed by atoms with Crippen LogP contribution in [-0.2, 0) is 10.0 Å². The zero-order chi connectivity index (χ0) is 21.1. The summed E-state index contributed by atoms with van der Waals surface area (Å²) in [4.78, 5) is 4.81. The first-order valence-electron chi connectivity index (χ1n) is 9.25. The Labute approximate surface area is 180 Å². The molecule has 0 atom stereocenters. The van der Waals surface area contributed by atoms with Crippen molar-refractivity contribution >= 4 is 27.0 Å². The second-order valence-electron chi connectivity index (χ2n) is 6.74. The van der Waals surface area contributed by atoms with Crippen LogP contribution in [0.5, 0.6) is 5.75 Å². The van der Waals surface area contributed by atoms with Crippen molar-refractivity contribution in [3.63, 3.8) is 0 Å². The maximum Gasteiger partial charge on any atom is 0.265 e. The fourth-order valence-corrected chi connectivity index (χ4v) is 5.21. The molecule has 5 nitrogen and oxygen atoms in total. The summed E-state index contributed by atoms with van der Waals surface area (Å²) in [6.45, 7) is 1.84. The molecule has 3 aromatic carbocycles. The van der Waals surface area contributed by atoms with E-state index in [0.29, 0.717) is 11.4 Å². The van der Waals surface area contributed by atoms with Gasteiger partial charge in [0.15, 0.2) is 0 Å². The van der Waals surface area contributed by atoms with Gasteiger partial charge < -0.3 is 4.74 Å². The second-order valence-corrected chi connectivity index (χ2v) is 9.25.